The van der Waals surface area contributed by atoms with Crippen molar-refractivity contribution in [2.75, 3.05) is 27.2 Å². The predicted molar refractivity (Wildman–Crippen MR) is 96.5 cm³/mol. The van der Waals surface area contributed by atoms with Crippen LogP contribution in [0, 0.1) is 5.92 Å². The second kappa shape index (κ2) is 8.18. The molecule has 8 nitrogen and oxygen atoms in total. The van der Waals surface area contributed by atoms with Gasteiger partial charge in [0.2, 0.25) is 5.91 Å². The maximum absolute atomic E-state index is 12.9. The lowest BCUT2D eigenvalue weighted by molar-refractivity contribution is -0.139. The van der Waals surface area contributed by atoms with Gasteiger partial charge in [-0.2, -0.15) is 5.10 Å². The lowest BCUT2D eigenvalue weighted by atomic mass is 9.82. The Morgan fingerprint density at radius 2 is 2.00 bits per heavy atom. The second-order valence-electron chi connectivity index (χ2n) is 7.65. The van der Waals surface area contributed by atoms with Crippen molar-refractivity contribution in [3.63, 3.8) is 0 Å². The third-order valence-electron chi connectivity index (χ3n) is 5.73. The summed E-state index contributed by atoms with van der Waals surface area (Å²) in [5.74, 6) is -0.275. The first-order valence-electron chi connectivity index (χ1n) is 9.39. The molecule has 0 aromatic carbocycles. The van der Waals surface area contributed by atoms with E-state index in [2.05, 4.69) is 34.5 Å². The molecule has 3 rings (SSSR count). The van der Waals surface area contributed by atoms with Crippen LogP contribution in [0.25, 0.3) is 0 Å². The molecule has 1 saturated carbocycles. The van der Waals surface area contributed by atoms with Crippen molar-refractivity contribution < 1.29 is 14.7 Å². The molecule has 1 aliphatic heterocycles. The zero-order valence-corrected chi connectivity index (χ0v) is 15.5. The van der Waals surface area contributed by atoms with E-state index >= 15 is 0 Å². The summed E-state index contributed by atoms with van der Waals surface area (Å²) in [7, 11) is 4.16. The average molecular weight is 363 g/mol. The molecule has 2 heterocycles. The highest BCUT2D eigenvalue weighted by atomic mass is 16.3. The van der Waals surface area contributed by atoms with Crippen LogP contribution < -0.4 is 5.32 Å². The van der Waals surface area contributed by atoms with E-state index in [1.165, 1.54) is 6.20 Å². The summed E-state index contributed by atoms with van der Waals surface area (Å²) in [5.41, 5.74) is 0.358. The number of nitrogens with one attached hydrogen (secondary N) is 2. The number of piperidine rings is 1. The Kier molecular flexibility index (Phi) is 5.93. The van der Waals surface area contributed by atoms with Crippen molar-refractivity contribution in [3.8, 4) is 0 Å². The molecule has 144 valence electrons. The molecule has 3 N–H and O–H groups in total. The molecule has 3 atom stereocenters. The molecule has 0 radical (unpaired) electrons. The van der Waals surface area contributed by atoms with Crippen molar-refractivity contribution in [2.24, 2.45) is 5.92 Å². The molecule has 1 aromatic heterocycles. The van der Waals surface area contributed by atoms with Gasteiger partial charge in [0.05, 0.1) is 12.1 Å². The molecular weight excluding hydrogens is 334 g/mol. The van der Waals surface area contributed by atoms with Crippen LogP contribution in [0.5, 0.6) is 0 Å². The third-order valence-corrected chi connectivity index (χ3v) is 5.73. The molecule has 8 heteroatoms. The van der Waals surface area contributed by atoms with Crippen molar-refractivity contribution in [2.45, 2.75) is 50.3 Å². The van der Waals surface area contributed by atoms with Gasteiger partial charge in [0, 0.05) is 31.2 Å². The summed E-state index contributed by atoms with van der Waals surface area (Å²) in [4.78, 5) is 29.3. The van der Waals surface area contributed by atoms with Gasteiger partial charge in [-0.25, -0.2) is 0 Å². The van der Waals surface area contributed by atoms with Gasteiger partial charge in [0.15, 0.2) is 0 Å². The number of H-pyrrole nitrogens is 1. The molecule has 2 amide bonds. The second-order valence-corrected chi connectivity index (χ2v) is 7.65. The number of amides is 2. The highest BCUT2D eigenvalue weighted by Gasteiger charge is 2.36. The highest BCUT2D eigenvalue weighted by molar-refractivity contribution is 5.92. The Morgan fingerprint density at radius 1 is 1.27 bits per heavy atom. The Bertz CT molecular complexity index is 610. The van der Waals surface area contributed by atoms with Crippen LogP contribution in [0.3, 0.4) is 0 Å². The zero-order chi connectivity index (χ0) is 18.7. The number of nitrogens with zero attached hydrogens (tertiary/aromatic N) is 3. The van der Waals surface area contributed by atoms with Gasteiger partial charge in [0.1, 0.15) is 5.69 Å². The molecule has 2 fully saturated rings. The Morgan fingerprint density at radius 3 is 2.62 bits per heavy atom. The molecule has 2 aliphatic rings. The van der Waals surface area contributed by atoms with E-state index in [0.717, 1.165) is 25.9 Å². The van der Waals surface area contributed by atoms with Gasteiger partial charge in [-0.05, 0) is 52.3 Å². The number of aliphatic hydroxyl groups is 1. The number of hydrogen-bond donors (Lipinski definition) is 3. The number of hydrogen-bond acceptors (Lipinski definition) is 5. The summed E-state index contributed by atoms with van der Waals surface area (Å²) in [6, 6.07) is 1.71. The fourth-order valence-electron chi connectivity index (χ4n) is 4.02. The number of aromatic amines is 1. The summed E-state index contributed by atoms with van der Waals surface area (Å²) in [6.07, 6.45) is 4.55. The lowest BCUT2D eigenvalue weighted by Crippen LogP contribution is -2.52. The SMILES string of the molecule is CN(C)C1CCN(C(=O)[C@H]2CC[C@@H](O)[C@H](NC(=O)c3ccn[nH]3)C2)CC1. The molecule has 26 heavy (non-hydrogen) atoms. The van der Waals surface area contributed by atoms with Crippen molar-refractivity contribution in [1.29, 1.82) is 0 Å². The summed E-state index contributed by atoms with van der Waals surface area (Å²) in [6.45, 7) is 1.57. The lowest BCUT2D eigenvalue weighted by Gasteiger charge is -2.39. The molecule has 0 spiro atoms. The first kappa shape index (κ1) is 18.8. The van der Waals surface area contributed by atoms with E-state index in [0.29, 0.717) is 31.0 Å². The van der Waals surface area contributed by atoms with Gasteiger partial charge in [0.25, 0.3) is 5.91 Å². The molecule has 0 unspecified atom stereocenters. The van der Waals surface area contributed by atoms with Crippen molar-refractivity contribution >= 4 is 11.8 Å². The fraction of sp³-hybridized carbons (Fsp3) is 0.722. The maximum Gasteiger partial charge on any atom is 0.269 e. The normalized spacial score (nSPS) is 27.5. The standard InChI is InChI=1S/C18H29N5O3/c1-22(2)13-6-9-23(10-7-13)18(26)12-3-4-16(24)15(11-12)20-17(25)14-5-8-19-21-14/h5,8,12-13,15-16,24H,3-4,6-7,9-11H2,1-2H3,(H,19,21)(H,20,25)/t12-,15+,16+/m0/s1. The van der Waals surface area contributed by atoms with Crippen LogP contribution in [-0.4, -0.2) is 82.3 Å². The minimum Gasteiger partial charge on any atom is -0.391 e. The molecule has 1 saturated heterocycles. The van der Waals surface area contributed by atoms with Crippen LogP contribution in [0.15, 0.2) is 12.3 Å². The van der Waals surface area contributed by atoms with Gasteiger partial charge in [-0.3, -0.25) is 14.7 Å². The van der Waals surface area contributed by atoms with Crippen molar-refractivity contribution in [3.05, 3.63) is 18.0 Å². The number of rotatable bonds is 4. The van der Waals surface area contributed by atoms with Gasteiger partial charge >= 0.3 is 0 Å². The number of aliphatic hydroxyl groups excluding tert-OH is 1. The van der Waals surface area contributed by atoms with Crippen LogP contribution in [0.4, 0.5) is 0 Å². The van der Waals surface area contributed by atoms with Gasteiger partial charge < -0.3 is 20.2 Å². The van der Waals surface area contributed by atoms with Crippen LogP contribution >= 0.6 is 0 Å². The van der Waals surface area contributed by atoms with E-state index in [-0.39, 0.29) is 17.7 Å². The monoisotopic (exact) mass is 363 g/mol. The van der Waals surface area contributed by atoms with E-state index in [1.54, 1.807) is 6.07 Å². The van der Waals surface area contributed by atoms with Gasteiger partial charge in [-0.1, -0.05) is 0 Å². The first-order chi connectivity index (χ1) is 12.5. The zero-order valence-electron chi connectivity index (χ0n) is 15.5. The number of likely N-dealkylation sites (tertiary alicyclic amines) is 1. The average Bonchev–Trinajstić information content (AvgIpc) is 3.18. The molecular formula is C18H29N5O3. The molecule has 1 aromatic rings. The third kappa shape index (κ3) is 4.24. The Labute approximate surface area is 153 Å². The summed E-state index contributed by atoms with van der Waals surface area (Å²) >= 11 is 0. The van der Waals surface area contributed by atoms with Crippen LogP contribution in [-0.2, 0) is 4.79 Å². The Balaban J connectivity index is 1.55. The minimum atomic E-state index is -0.620. The van der Waals surface area contributed by atoms with E-state index in [1.807, 2.05) is 4.90 Å². The largest absolute Gasteiger partial charge is 0.391 e. The fourth-order valence-corrected chi connectivity index (χ4v) is 4.02. The minimum absolute atomic E-state index is 0.138. The Hall–Kier alpha value is -1.93. The molecule has 1 aliphatic carbocycles. The number of carbonyl (C=O) groups is 2. The predicted octanol–water partition coefficient (Wildman–Crippen LogP) is 0.222. The maximum atomic E-state index is 12.9. The van der Waals surface area contributed by atoms with Gasteiger partial charge in [-0.15, -0.1) is 0 Å². The van der Waals surface area contributed by atoms with E-state index < -0.39 is 12.1 Å². The highest BCUT2D eigenvalue weighted by Crippen LogP contribution is 2.28. The van der Waals surface area contributed by atoms with Crippen molar-refractivity contribution in [1.82, 2.24) is 25.3 Å². The van der Waals surface area contributed by atoms with Crippen LogP contribution in [0.2, 0.25) is 0 Å². The summed E-state index contributed by atoms with van der Waals surface area (Å²) < 4.78 is 0. The smallest absolute Gasteiger partial charge is 0.269 e. The summed E-state index contributed by atoms with van der Waals surface area (Å²) in [5, 5.41) is 19.5. The molecule has 0 bridgehead atoms. The topological polar surface area (TPSA) is 102 Å². The quantitative estimate of drug-likeness (QED) is 0.710. The van der Waals surface area contributed by atoms with Crippen LogP contribution in [0.1, 0.15) is 42.6 Å². The first-order valence-corrected chi connectivity index (χ1v) is 9.39. The van der Waals surface area contributed by atoms with E-state index in [9.17, 15) is 14.7 Å². The number of aromatic nitrogens is 2. The van der Waals surface area contributed by atoms with E-state index in [4.69, 9.17) is 0 Å². The number of carbonyl (C=O) groups excluding carboxylic acids is 2.